The van der Waals surface area contributed by atoms with E-state index in [9.17, 15) is 0 Å². The minimum Gasteiger partial charge on any atom is 4.00 e. The fraction of sp³-hybridized carbons (Fsp3) is 0. The molecule has 0 aromatic carbocycles. The van der Waals surface area contributed by atoms with Crippen molar-refractivity contribution in [3.63, 3.8) is 0 Å². The Kier molecular flexibility index (Phi) is 23.0. The maximum Gasteiger partial charge on any atom is 4.00 e. The van der Waals surface area contributed by atoms with E-state index in [4.69, 9.17) is 47.8 Å². The van der Waals surface area contributed by atoms with Crippen LogP contribution in [0, 0.1) is 0 Å². The van der Waals surface area contributed by atoms with Gasteiger partial charge in [0.25, 0.3) is 0 Å². The molecule has 0 rings (SSSR count). The van der Waals surface area contributed by atoms with Crippen molar-refractivity contribution in [2.75, 3.05) is 0 Å². The van der Waals surface area contributed by atoms with Gasteiger partial charge in [0.05, 0.1) is 0 Å². The van der Waals surface area contributed by atoms with Gasteiger partial charge in [0.15, 0.2) is 0 Å². The van der Waals surface area contributed by atoms with Crippen LogP contribution in [0.5, 0.6) is 0 Å². The Balaban J connectivity index is -0.0000000400. The van der Waals surface area contributed by atoms with Crippen LogP contribution in [0.1, 0.15) is 0 Å². The first-order chi connectivity index (χ1) is 6.00. The fourth-order valence-electron chi connectivity index (χ4n) is 0. The quantitative estimate of drug-likeness (QED) is 0.280. The second-order valence-corrected chi connectivity index (χ2v) is 5.05. The maximum atomic E-state index is 8.59. The first-order valence-electron chi connectivity index (χ1n) is 2.00. The van der Waals surface area contributed by atoms with Gasteiger partial charge in [-0.15, -0.1) is 0 Å². The molecule has 0 bridgehead atoms. The van der Waals surface area contributed by atoms with Gasteiger partial charge < -0.3 is 0 Å². The van der Waals surface area contributed by atoms with Gasteiger partial charge in [-0.2, -0.15) is 0 Å². The molecule has 17 heteroatoms. The molecule has 0 unspecified atom stereocenters. The van der Waals surface area contributed by atoms with Crippen molar-refractivity contribution in [1.29, 1.82) is 0 Å². The molecule has 0 spiro atoms. The molecule has 0 N–H and O–H groups in total. The molecule has 0 aromatic rings. The summed E-state index contributed by atoms with van der Waals surface area (Å²) in [6, 6.07) is 0. The van der Waals surface area contributed by atoms with E-state index >= 15 is 0 Å². The first-order valence-corrected chi connectivity index (χ1v) is 8.25. The summed E-state index contributed by atoms with van der Waals surface area (Å²) in [7, 11) is 0. The summed E-state index contributed by atoms with van der Waals surface area (Å²) in [6.07, 6.45) is 0. The minimum absolute atomic E-state index is 0. The number of rotatable bonds is 0. The molecule has 0 aliphatic carbocycles. The monoisotopic (exact) mass is 501 g/mol. The predicted octanol–water partition coefficient (Wildman–Crippen LogP) is -7.86. The van der Waals surface area contributed by atoms with Crippen molar-refractivity contribution in [3.8, 4) is 0 Å². The normalized spacial score (nSPS) is 10.2. The van der Waals surface area contributed by atoms with Crippen LogP contribution in [0.15, 0.2) is 0 Å². The molecule has 12 nitrogen and oxygen atoms in total. The van der Waals surface area contributed by atoms with Crippen molar-refractivity contribution < 1.29 is 132 Å². The summed E-state index contributed by atoms with van der Waals surface area (Å²) < 4.78 is 103. The first kappa shape index (κ1) is 31.1. The van der Waals surface area contributed by atoms with Gasteiger partial charge in [0, 0.05) is 0 Å². The summed E-state index contributed by atoms with van der Waals surface area (Å²) in [5.74, 6) is 0. The zero-order valence-electron chi connectivity index (χ0n) is 6.93. The van der Waals surface area contributed by atoms with Gasteiger partial charge in [-0.1, -0.05) is 0 Å². The molecule has 0 aromatic heterocycles. The average molecular weight is 503 g/mol. The maximum absolute atomic E-state index is 8.59. The zero-order valence-corrected chi connectivity index (χ0v) is 14.1. The van der Waals surface area contributed by atoms with Crippen molar-refractivity contribution in [3.05, 3.63) is 0 Å². The molecule has 0 saturated heterocycles. The Morgan fingerprint density at radius 3 is 0.471 bits per heavy atom. The molecule has 0 heterocycles. The Morgan fingerprint density at radius 2 is 0.471 bits per heavy atom. The molecule has 0 fully saturated rings. The van der Waals surface area contributed by atoms with E-state index in [0.717, 1.165) is 0 Å². The fourth-order valence-corrected chi connectivity index (χ4v) is 0. The summed E-state index contributed by atoms with van der Waals surface area (Å²) in [4.78, 5) is 0. The van der Waals surface area contributed by atoms with Gasteiger partial charge in [-0.05, 0) is 0 Å². The molecule has 17 heavy (non-hydrogen) atoms. The SMILES string of the molecule is [Cu+2].[O]=[Cr](=[O])([O-])[O-].[O]=[Cr](=[O])([O-])[O-].[O]=[Cr](=[O])([O-])[O-].[Zr+4]. The summed E-state index contributed by atoms with van der Waals surface area (Å²) in [5, 5.41) is 0. The third kappa shape index (κ3) is 1750. The Bertz CT molecular complexity index is 343. The Morgan fingerprint density at radius 1 is 0.471 bits per heavy atom. The van der Waals surface area contributed by atoms with E-state index in [-0.39, 0.29) is 43.3 Å². The van der Waals surface area contributed by atoms with Crippen LogP contribution in [0.2, 0.25) is 0 Å². The Labute approximate surface area is 130 Å². The van der Waals surface area contributed by atoms with Crippen molar-refractivity contribution >= 4 is 0 Å². The second-order valence-electron chi connectivity index (χ2n) is 1.22. The van der Waals surface area contributed by atoms with Gasteiger partial charge in [-0.25, -0.2) is 0 Å². The van der Waals surface area contributed by atoms with Gasteiger partial charge in [0.2, 0.25) is 0 Å². The van der Waals surface area contributed by atoms with E-state index in [1.807, 2.05) is 0 Å². The average Bonchev–Trinajstić information content (AvgIpc) is 1.41. The van der Waals surface area contributed by atoms with Gasteiger partial charge >= 0.3 is 132 Å². The van der Waals surface area contributed by atoms with Gasteiger partial charge in [0.1, 0.15) is 0 Å². The topological polar surface area (TPSA) is 241 Å². The Hall–Kier alpha value is 1.56. The molecule has 0 aliphatic rings. The van der Waals surface area contributed by atoms with Crippen molar-refractivity contribution in [1.82, 2.24) is 0 Å². The molecule has 0 atom stereocenters. The van der Waals surface area contributed by atoms with E-state index in [0.29, 0.717) is 0 Å². The van der Waals surface area contributed by atoms with Gasteiger partial charge in [-0.3, -0.25) is 0 Å². The molecule has 0 amide bonds. The molecular formula is Cr3CuO12Zr. The third-order valence-corrected chi connectivity index (χ3v) is 0. The van der Waals surface area contributed by atoms with Crippen LogP contribution in [0.3, 0.4) is 0 Å². The predicted molar refractivity (Wildman–Crippen MR) is 4.12 cm³/mol. The summed E-state index contributed by atoms with van der Waals surface area (Å²) in [5.41, 5.74) is 0. The van der Waals surface area contributed by atoms with Crippen LogP contribution < -0.4 is 24.9 Å². The van der Waals surface area contributed by atoms with E-state index in [1.54, 1.807) is 0 Å². The number of hydrogen-bond acceptors (Lipinski definition) is 12. The molecule has 0 saturated carbocycles. The third-order valence-electron chi connectivity index (χ3n) is 0. The standard InChI is InChI=1S/3Cr.Cu.12O.Zr/q;;;+2;;;;;;;6*-1;+4. The molecule has 1 radical (unpaired) electrons. The van der Waals surface area contributed by atoms with E-state index < -0.39 is 40.8 Å². The zero-order chi connectivity index (χ0) is 13.5. The van der Waals surface area contributed by atoms with Crippen molar-refractivity contribution in [2.24, 2.45) is 0 Å². The second kappa shape index (κ2) is 12.6. The van der Waals surface area contributed by atoms with Crippen LogP contribution in [-0.4, -0.2) is 0 Å². The van der Waals surface area contributed by atoms with Crippen LogP contribution in [0.25, 0.3) is 0 Å². The largest absolute Gasteiger partial charge is 4.00 e. The smallest absolute Gasteiger partial charge is 4.00 e. The van der Waals surface area contributed by atoms with E-state index in [1.165, 1.54) is 0 Å². The molecule has 0 aliphatic heterocycles. The van der Waals surface area contributed by atoms with Crippen LogP contribution in [-0.2, 0) is 107 Å². The van der Waals surface area contributed by atoms with Crippen LogP contribution in [0.4, 0.5) is 0 Å². The van der Waals surface area contributed by atoms with Crippen molar-refractivity contribution in [2.45, 2.75) is 0 Å². The van der Waals surface area contributed by atoms with Crippen LogP contribution >= 0.6 is 0 Å². The number of hydrogen-bond donors (Lipinski definition) is 0. The summed E-state index contributed by atoms with van der Waals surface area (Å²) >= 11 is -17.2. The van der Waals surface area contributed by atoms with E-state index in [2.05, 4.69) is 0 Å². The summed E-state index contributed by atoms with van der Waals surface area (Å²) in [6.45, 7) is 0. The molecule has 105 valence electrons. The minimum atomic E-state index is -5.75. The molecular weight excluding hydrogens is 503 g/mol.